The van der Waals surface area contributed by atoms with Gasteiger partial charge in [-0.05, 0) is 18.7 Å². The number of nitrogens with two attached hydrogens (primary N) is 1. The highest BCUT2D eigenvalue weighted by atomic mass is 16.3. The molecular formula is C11H13N3O. The minimum Gasteiger partial charge on any atom is -0.508 e. The maximum Gasteiger partial charge on any atom is 0.137 e. The standard InChI is InChI=1S/C11H13N3O/c12-5-4-9-7-13-11(14-9)8-2-1-3-10(15)6-8/h1-3,6-7,15H,4-5,12H2,(H,13,14). The first-order valence-electron chi connectivity index (χ1n) is 4.83. The number of phenolic OH excluding ortho intramolecular Hbond substituents is 1. The average Bonchev–Trinajstić information content (AvgIpc) is 2.67. The zero-order chi connectivity index (χ0) is 10.7. The number of aromatic amines is 1. The normalized spacial score (nSPS) is 10.5. The van der Waals surface area contributed by atoms with Crippen LogP contribution in [-0.2, 0) is 6.42 Å². The summed E-state index contributed by atoms with van der Waals surface area (Å²) >= 11 is 0. The third-order valence-electron chi connectivity index (χ3n) is 2.16. The molecule has 0 amide bonds. The topological polar surface area (TPSA) is 74.9 Å². The number of hydrogen-bond acceptors (Lipinski definition) is 3. The van der Waals surface area contributed by atoms with Crippen LogP contribution >= 0.6 is 0 Å². The molecule has 78 valence electrons. The van der Waals surface area contributed by atoms with Crippen LogP contribution < -0.4 is 5.73 Å². The van der Waals surface area contributed by atoms with Crippen LogP contribution in [0.5, 0.6) is 5.75 Å². The lowest BCUT2D eigenvalue weighted by atomic mass is 10.2. The summed E-state index contributed by atoms with van der Waals surface area (Å²) in [6.07, 6.45) is 2.55. The summed E-state index contributed by atoms with van der Waals surface area (Å²) in [6.45, 7) is 0.599. The van der Waals surface area contributed by atoms with Crippen LogP contribution in [0.15, 0.2) is 30.5 Å². The van der Waals surface area contributed by atoms with Crippen molar-refractivity contribution in [2.75, 3.05) is 6.54 Å². The Morgan fingerprint density at radius 3 is 3.00 bits per heavy atom. The highest BCUT2D eigenvalue weighted by molar-refractivity contribution is 5.57. The van der Waals surface area contributed by atoms with E-state index >= 15 is 0 Å². The van der Waals surface area contributed by atoms with E-state index in [9.17, 15) is 5.11 Å². The van der Waals surface area contributed by atoms with Gasteiger partial charge in [0.1, 0.15) is 11.6 Å². The van der Waals surface area contributed by atoms with Crippen LogP contribution in [0.1, 0.15) is 5.69 Å². The van der Waals surface area contributed by atoms with E-state index in [4.69, 9.17) is 5.73 Å². The average molecular weight is 203 g/mol. The molecule has 0 radical (unpaired) electrons. The van der Waals surface area contributed by atoms with E-state index in [1.165, 1.54) is 0 Å². The number of aromatic nitrogens is 2. The van der Waals surface area contributed by atoms with E-state index in [0.717, 1.165) is 23.5 Å². The lowest BCUT2D eigenvalue weighted by Gasteiger charge is -1.97. The molecule has 1 aromatic carbocycles. The highest BCUT2D eigenvalue weighted by Gasteiger charge is 2.03. The molecule has 1 aromatic heterocycles. The zero-order valence-corrected chi connectivity index (χ0v) is 8.27. The predicted octanol–water partition coefficient (Wildman–Crippen LogP) is 1.28. The van der Waals surface area contributed by atoms with Crippen molar-refractivity contribution in [1.82, 2.24) is 9.97 Å². The molecule has 0 fully saturated rings. The van der Waals surface area contributed by atoms with Gasteiger partial charge in [-0.1, -0.05) is 12.1 Å². The summed E-state index contributed by atoms with van der Waals surface area (Å²) in [5.41, 5.74) is 7.33. The molecule has 15 heavy (non-hydrogen) atoms. The molecule has 2 aromatic rings. The smallest absolute Gasteiger partial charge is 0.137 e. The van der Waals surface area contributed by atoms with Gasteiger partial charge in [0.25, 0.3) is 0 Å². The Morgan fingerprint density at radius 1 is 1.40 bits per heavy atom. The van der Waals surface area contributed by atoms with Gasteiger partial charge in [0, 0.05) is 23.9 Å². The van der Waals surface area contributed by atoms with Crippen molar-refractivity contribution in [1.29, 1.82) is 0 Å². The van der Waals surface area contributed by atoms with Crippen molar-refractivity contribution in [2.45, 2.75) is 6.42 Å². The lowest BCUT2D eigenvalue weighted by Crippen LogP contribution is -2.02. The van der Waals surface area contributed by atoms with Gasteiger partial charge in [0.2, 0.25) is 0 Å². The molecule has 2 rings (SSSR count). The molecule has 4 heteroatoms. The quantitative estimate of drug-likeness (QED) is 0.703. The van der Waals surface area contributed by atoms with Crippen molar-refractivity contribution in [3.05, 3.63) is 36.2 Å². The first-order valence-corrected chi connectivity index (χ1v) is 4.83. The van der Waals surface area contributed by atoms with Gasteiger partial charge >= 0.3 is 0 Å². The van der Waals surface area contributed by atoms with Gasteiger partial charge in [-0.2, -0.15) is 0 Å². The minimum absolute atomic E-state index is 0.240. The third-order valence-corrected chi connectivity index (χ3v) is 2.16. The molecule has 4 nitrogen and oxygen atoms in total. The Labute approximate surface area is 87.8 Å². The molecule has 1 heterocycles. The first-order chi connectivity index (χ1) is 7.29. The molecule has 0 aliphatic heterocycles. The maximum atomic E-state index is 9.32. The predicted molar refractivity (Wildman–Crippen MR) is 58.4 cm³/mol. The van der Waals surface area contributed by atoms with Gasteiger partial charge in [0.15, 0.2) is 0 Å². The monoisotopic (exact) mass is 203 g/mol. The Morgan fingerprint density at radius 2 is 2.27 bits per heavy atom. The second-order valence-corrected chi connectivity index (χ2v) is 3.35. The Balaban J connectivity index is 2.29. The molecule has 0 bridgehead atoms. The Bertz CT molecular complexity index is 451. The second-order valence-electron chi connectivity index (χ2n) is 3.35. The number of hydrogen-bond donors (Lipinski definition) is 3. The van der Waals surface area contributed by atoms with E-state index in [0.29, 0.717) is 6.54 Å². The fraction of sp³-hybridized carbons (Fsp3) is 0.182. The minimum atomic E-state index is 0.240. The number of nitrogens with zero attached hydrogens (tertiary/aromatic N) is 1. The first kappa shape index (κ1) is 9.73. The number of aromatic hydroxyl groups is 1. The van der Waals surface area contributed by atoms with Gasteiger partial charge in [-0.3, -0.25) is 0 Å². The molecule has 0 saturated heterocycles. The Hall–Kier alpha value is -1.81. The van der Waals surface area contributed by atoms with Crippen LogP contribution in [0.25, 0.3) is 11.4 Å². The van der Waals surface area contributed by atoms with E-state index in [-0.39, 0.29) is 5.75 Å². The summed E-state index contributed by atoms with van der Waals surface area (Å²) < 4.78 is 0. The molecule has 4 N–H and O–H groups in total. The fourth-order valence-corrected chi connectivity index (χ4v) is 1.44. The van der Waals surface area contributed by atoms with Gasteiger partial charge < -0.3 is 15.8 Å². The lowest BCUT2D eigenvalue weighted by molar-refractivity contribution is 0.475. The Kier molecular flexibility index (Phi) is 2.69. The highest BCUT2D eigenvalue weighted by Crippen LogP contribution is 2.20. The van der Waals surface area contributed by atoms with Crippen molar-refractivity contribution in [3.63, 3.8) is 0 Å². The van der Waals surface area contributed by atoms with Crippen molar-refractivity contribution in [3.8, 4) is 17.1 Å². The maximum absolute atomic E-state index is 9.32. The van der Waals surface area contributed by atoms with Crippen molar-refractivity contribution >= 4 is 0 Å². The molecule has 0 atom stereocenters. The number of benzene rings is 1. The van der Waals surface area contributed by atoms with Crippen LogP contribution in [0, 0.1) is 0 Å². The van der Waals surface area contributed by atoms with Crippen molar-refractivity contribution in [2.24, 2.45) is 5.73 Å². The molecule has 0 aliphatic carbocycles. The molecule has 0 saturated carbocycles. The molecule has 0 aliphatic rings. The summed E-state index contributed by atoms with van der Waals surface area (Å²) in [7, 11) is 0. The number of nitrogens with one attached hydrogen (secondary N) is 1. The third kappa shape index (κ3) is 2.16. The van der Waals surface area contributed by atoms with E-state index < -0.39 is 0 Å². The van der Waals surface area contributed by atoms with Crippen LogP contribution in [-0.4, -0.2) is 21.6 Å². The molecule has 0 unspecified atom stereocenters. The number of imidazole rings is 1. The van der Waals surface area contributed by atoms with Crippen LogP contribution in [0.3, 0.4) is 0 Å². The van der Waals surface area contributed by atoms with Crippen LogP contribution in [0.4, 0.5) is 0 Å². The summed E-state index contributed by atoms with van der Waals surface area (Å²) in [6, 6.07) is 6.98. The zero-order valence-electron chi connectivity index (χ0n) is 8.27. The van der Waals surface area contributed by atoms with Gasteiger partial charge in [-0.15, -0.1) is 0 Å². The van der Waals surface area contributed by atoms with E-state index in [1.54, 1.807) is 24.4 Å². The number of rotatable bonds is 3. The molecular weight excluding hydrogens is 190 g/mol. The summed E-state index contributed by atoms with van der Waals surface area (Å²) in [5.74, 6) is 0.999. The van der Waals surface area contributed by atoms with Gasteiger partial charge in [-0.25, -0.2) is 4.98 Å². The van der Waals surface area contributed by atoms with Gasteiger partial charge in [0.05, 0.1) is 0 Å². The summed E-state index contributed by atoms with van der Waals surface area (Å²) in [4.78, 5) is 7.38. The van der Waals surface area contributed by atoms with Crippen molar-refractivity contribution < 1.29 is 5.11 Å². The SMILES string of the molecule is NCCc1cnc(-c2cccc(O)c2)[nH]1. The fourth-order valence-electron chi connectivity index (χ4n) is 1.44. The summed E-state index contributed by atoms with van der Waals surface area (Å²) in [5, 5.41) is 9.32. The van der Waals surface area contributed by atoms with E-state index in [1.807, 2.05) is 6.07 Å². The van der Waals surface area contributed by atoms with Crippen LogP contribution in [0.2, 0.25) is 0 Å². The largest absolute Gasteiger partial charge is 0.508 e. The van der Waals surface area contributed by atoms with E-state index in [2.05, 4.69) is 9.97 Å². The second kappa shape index (κ2) is 4.14. The number of H-pyrrole nitrogens is 1. The molecule has 0 spiro atoms. The number of phenols is 1.